The Balaban J connectivity index is 0.000000784. The van der Waals surface area contributed by atoms with Crippen LogP contribution in [0.2, 0.25) is 10.0 Å². The molecule has 4 rings (SSSR count). The topological polar surface area (TPSA) is 249 Å². The van der Waals surface area contributed by atoms with Gasteiger partial charge in [0.15, 0.2) is 0 Å². The molecule has 61 heavy (non-hydrogen) atoms. The van der Waals surface area contributed by atoms with E-state index in [1.54, 1.807) is 18.2 Å². The highest BCUT2D eigenvalue weighted by Crippen LogP contribution is 2.29. The second kappa shape index (κ2) is 22.3. The lowest BCUT2D eigenvalue weighted by molar-refractivity contribution is -0.193. The maximum absolute atomic E-state index is 13.5. The maximum Gasteiger partial charge on any atom is 0.490 e. The number of carbonyl (C=O) groups is 4. The monoisotopic (exact) mass is 953 g/mol. The fraction of sp³-hybridized carbons (Fsp3) is 0.353. The van der Waals surface area contributed by atoms with Crippen LogP contribution in [-0.4, -0.2) is 133 Å². The van der Waals surface area contributed by atoms with Crippen LogP contribution in [0.25, 0.3) is 0 Å². The Morgan fingerprint density at radius 1 is 0.770 bits per heavy atom. The first-order valence-corrected chi connectivity index (χ1v) is 21.1. The molecule has 0 unspecified atom stereocenters. The summed E-state index contributed by atoms with van der Waals surface area (Å²) in [5, 5.41) is 23.7. The molecule has 0 aromatic heterocycles. The Bertz CT molecular complexity index is 2200. The predicted molar refractivity (Wildman–Crippen MR) is 213 cm³/mol. The van der Waals surface area contributed by atoms with Crippen LogP contribution < -0.4 is 30.9 Å². The van der Waals surface area contributed by atoms with Gasteiger partial charge in [0.05, 0.1) is 22.4 Å². The predicted octanol–water partition coefficient (Wildman–Crippen LogP) is 3.70. The zero-order valence-corrected chi connectivity index (χ0v) is 35.0. The molecule has 3 aromatic carbocycles. The van der Waals surface area contributed by atoms with E-state index < -0.39 is 56.2 Å². The number of nitrogens with one attached hydrogen (secondary N) is 3. The SMILES string of the molecule is CN(c1ccc(C(=O)NCCNCCN)cc1C(=O)Nc1ccc(S(=O)(=O)N2CCN(c3cc(Cl)cc(Cl)c3)CC2)cc1)S(C)(=O)=O.O=C(O)C(F)(F)F.O=C(O)C(F)(F)F. The number of carbonyl (C=O) groups excluding carboxylic acids is 2. The minimum absolute atomic E-state index is 0.0480. The summed E-state index contributed by atoms with van der Waals surface area (Å²) < 4.78 is 117. The van der Waals surface area contributed by atoms with Gasteiger partial charge in [0.2, 0.25) is 20.0 Å². The second-order valence-corrected chi connectivity index (χ2v) is 17.2. The molecule has 1 aliphatic rings. The van der Waals surface area contributed by atoms with Crippen molar-refractivity contribution in [3.8, 4) is 0 Å². The Morgan fingerprint density at radius 3 is 1.74 bits per heavy atom. The number of sulfonamides is 2. The molecular weight excluding hydrogens is 915 g/mol. The number of nitrogens with zero attached hydrogens (tertiary/aromatic N) is 3. The molecule has 1 fully saturated rings. The summed E-state index contributed by atoms with van der Waals surface area (Å²) in [7, 11) is -6.28. The Kier molecular flexibility index (Phi) is 19.1. The minimum atomic E-state index is -5.08. The maximum atomic E-state index is 13.5. The molecule has 7 N–H and O–H groups in total. The van der Waals surface area contributed by atoms with Crippen LogP contribution in [-0.2, 0) is 29.6 Å². The van der Waals surface area contributed by atoms with Crippen molar-refractivity contribution in [2.75, 3.05) is 80.2 Å². The van der Waals surface area contributed by atoms with Crippen molar-refractivity contribution in [1.29, 1.82) is 0 Å². The summed E-state index contributed by atoms with van der Waals surface area (Å²) in [5.74, 6) is -6.66. The van der Waals surface area contributed by atoms with E-state index in [0.717, 1.165) is 16.2 Å². The van der Waals surface area contributed by atoms with E-state index in [-0.39, 0.29) is 40.5 Å². The number of halogens is 8. The molecule has 0 radical (unpaired) electrons. The van der Waals surface area contributed by atoms with Crippen LogP contribution in [0.5, 0.6) is 0 Å². The number of hydrogen-bond acceptors (Lipinski definition) is 11. The van der Waals surface area contributed by atoms with Crippen LogP contribution >= 0.6 is 23.2 Å². The normalized spacial score (nSPS) is 13.5. The van der Waals surface area contributed by atoms with Gasteiger partial charge in [-0.2, -0.15) is 30.6 Å². The lowest BCUT2D eigenvalue weighted by Gasteiger charge is -2.35. The number of benzene rings is 3. The first-order valence-electron chi connectivity index (χ1n) is 17.1. The van der Waals surface area contributed by atoms with Gasteiger partial charge in [-0.3, -0.25) is 13.9 Å². The zero-order chi connectivity index (χ0) is 46.5. The van der Waals surface area contributed by atoms with Gasteiger partial charge in [0, 0.05) is 86.4 Å². The molecule has 2 amide bonds. The minimum Gasteiger partial charge on any atom is -0.475 e. The van der Waals surface area contributed by atoms with Crippen molar-refractivity contribution in [1.82, 2.24) is 14.9 Å². The molecule has 338 valence electrons. The van der Waals surface area contributed by atoms with E-state index >= 15 is 0 Å². The van der Waals surface area contributed by atoms with Crippen LogP contribution in [0.1, 0.15) is 20.7 Å². The molecule has 27 heteroatoms. The highest BCUT2D eigenvalue weighted by atomic mass is 35.5. The van der Waals surface area contributed by atoms with Crippen molar-refractivity contribution >= 4 is 84.1 Å². The van der Waals surface area contributed by atoms with E-state index in [9.17, 15) is 52.8 Å². The first-order chi connectivity index (χ1) is 28.1. The van der Waals surface area contributed by atoms with E-state index in [1.807, 2.05) is 4.90 Å². The van der Waals surface area contributed by atoms with Crippen molar-refractivity contribution in [3.05, 3.63) is 81.8 Å². The summed E-state index contributed by atoms with van der Waals surface area (Å²) in [6, 6.07) is 15.0. The van der Waals surface area contributed by atoms with E-state index in [0.29, 0.717) is 49.3 Å². The zero-order valence-electron chi connectivity index (χ0n) is 31.8. The number of aliphatic carboxylic acids is 2. The summed E-state index contributed by atoms with van der Waals surface area (Å²) >= 11 is 12.3. The van der Waals surface area contributed by atoms with E-state index in [1.165, 1.54) is 53.8 Å². The molecule has 0 aliphatic carbocycles. The largest absolute Gasteiger partial charge is 0.490 e. The van der Waals surface area contributed by atoms with Gasteiger partial charge in [-0.15, -0.1) is 0 Å². The lowest BCUT2D eigenvalue weighted by atomic mass is 10.1. The van der Waals surface area contributed by atoms with E-state index in [2.05, 4.69) is 16.0 Å². The van der Waals surface area contributed by atoms with Gasteiger partial charge in [0.1, 0.15) is 0 Å². The number of rotatable bonds is 13. The first kappa shape index (κ1) is 52.2. The number of alkyl halides is 6. The van der Waals surface area contributed by atoms with Gasteiger partial charge >= 0.3 is 24.3 Å². The number of piperazine rings is 1. The Morgan fingerprint density at radius 2 is 1.28 bits per heavy atom. The summed E-state index contributed by atoms with van der Waals surface area (Å²) in [6.07, 6.45) is -9.17. The fourth-order valence-electron chi connectivity index (χ4n) is 4.87. The summed E-state index contributed by atoms with van der Waals surface area (Å²) in [4.78, 5) is 46.1. The molecule has 1 heterocycles. The number of anilines is 3. The second-order valence-electron chi connectivity index (χ2n) is 12.4. The third-order valence-electron chi connectivity index (χ3n) is 7.93. The third-order valence-corrected chi connectivity index (χ3v) is 11.5. The van der Waals surface area contributed by atoms with Crippen molar-refractivity contribution < 1.29 is 72.6 Å². The molecule has 0 atom stereocenters. The summed E-state index contributed by atoms with van der Waals surface area (Å²) in [6.45, 7) is 3.23. The van der Waals surface area contributed by atoms with Crippen LogP contribution in [0.3, 0.4) is 0 Å². The average molecular weight is 955 g/mol. The van der Waals surface area contributed by atoms with Gasteiger partial charge in [-0.25, -0.2) is 26.4 Å². The highest BCUT2D eigenvalue weighted by Gasteiger charge is 2.39. The molecule has 1 aliphatic heterocycles. The number of amides is 2. The molecule has 0 spiro atoms. The smallest absolute Gasteiger partial charge is 0.475 e. The Hall–Kier alpha value is -4.92. The number of hydrogen-bond donors (Lipinski definition) is 6. The van der Waals surface area contributed by atoms with E-state index in [4.69, 9.17) is 48.7 Å². The van der Waals surface area contributed by atoms with Crippen LogP contribution in [0, 0.1) is 0 Å². The molecule has 17 nitrogen and oxygen atoms in total. The Labute approximate surface area is 355 Å². The van der Waals surface area contributed by atoms with Crippen molar-refractivity contribution in [2.24, 2.45) is 5.73 Å². The molecule has 0 saturated carbocycles. The van der Waals surface area contributed by atoms with Gasteiger partial charge in [-0.05, 0) is 60.7 Å². The number of nitrogens with two attached hydrogens (primary N) is 1. The summed E-state index contributed by atoms with van der Waals surface area (Å²) in [5.41, 5.74) is 6.67. The van der Waals surface area contributed by atoms with Crippen molar-refractivity contribution in [3.63, 3.8) is 0 Å². The van der Waals surface area contributed by atoms with Gasteiger partial charge in [0.25, 0.3) is 11.8 Å². The van der Waals surface area contributed by atoms with Gasteiger partial charge in [-0.1, -0.05) is 23.2 Å². The lowest BCUT2D eigenvalue weighted by Crippen LogP contribution is -2.48. The number of carboxylic acid groups (broad SMARTS) is 2. The number of carboxylic acids is 2. The molecule has 1 saturated heterocycles. The van der Waals surface area contributed by atoms with Crippen LogP contribution in [0.4, 0.5) is 43.4 Å². The average Bonchev–Trinajstić information content (AvgIpc) is 3.16. The fourth-order valence-corrected chi connectivity index (χ4v) is 7.33. The standard InChI is InChI=1S/C30H37Cl2N7O6S2.2C2HF3O2/c1-37(46(2,42)43)28-8-3-21(29(40)35-12-11-34-10-9-33)17-27(28)30(41)36-24-4-6-26(7-5-24)47(44,45)39-15-13-38(14-16-39)25-19-22(31)18-23(32)20-25;2*3-2(4,5)1(6)7/h3-8,17-20,34H,9-16,33H2,1-2H3,(H,35,40)(H,36,41);2*(H,6,7). The van der Waals surface area contributed by atoms with Crippen molar-refractivity contribution in [2.45, 2.75) is 17.2 Å². The quantitative estimate of drug-likeness (QED) is 0.106. The van der Waals surface area contributed by atoms with Gasteiger partial charge < -0.3 is 36.8 Å². The molecule has 0 bridgehead atoms. The van der Waals surface area contributed by atoms with Crippen LogP contribution in [0.15, 0.2) is 65.6 Å². The third kappa shape index (κ3) is 16.5. The highest BCUT2D eigenvalue weighted by molar-refractivity contribution is 7.92. The molecular formula is C34H39Cl2F6N7O10S2. The molecule has 3 aromatic rings.